The molecule has 0 bridgehead atoms. The summed E-state index contributed by atoms with van der Waals surface area (Å²) in [5, 5.41) is 7.27. The lowest BCUT2D eigenvalue weighted by molar-refractivity contribution is 0.0919. The highest BCUT2D eigenvalue weighted by Crippen LogP contribution is 2.28. The van der Waals surface area contributed by atoms with Crippen LogP contribution in [0.15, 0.2) is 40.9 Å². The van der Waals surface area contributed by atoms with Crippen molar-refractivity contribution in [2.45, 2.75) is 60.2 Å². The van der Waals surface area contributed by atoms with Crippen molar-refractivity contribution in [2.24, 2.45) is 0 Å². The molecule has 3 aromatic rings. The Morgan fingerprint density at radius 1 is 1.24 bits per heavy atom. The smallest absolute Gasteiger partial charge is 0.287 e. The molecule has 2 heterocycles. The molecule has 1 aromatic carbocycles. The van der Waals surface area contributed by atoms with Crippen LogP contribution < -0.4 is 10.1 Å². The van der Waals surface area contributed by atoms with Gasteiger partial charge < -0.3 is 14.5 Å². The maximum absolute atomic E-state index is 12.4. The second-order valence-electron chi connectivity index (χ2n) is 7.53. The van der Waals surface area contributed by atoms with Crippen molar-refractivity contribution in [1.82, 2.24) is 15.1 Å². The van der Waals surface area contributed by atoms with Crippen LogP contribution in [0.3, 0.4) is 0 Å². The fraction of sp³-hybridized carbons (Fsp3) is 0.391. The Balaban J connectivity index is 1.60. The molecule has 1 N–H and O–H groups in total. The lowest BCUT2D eigenvalue weighted by Gasteiger charge is -2.14. The number of carbonyl (C=O) groups is 1. The molecule has 0 unspecified atom stereocenters. The lowest BCUT2D eigenvalue weighted by Crippen LogP contribution is -2.22. The van der Waals surface area contributed by atoms with Crippen molar-refractivity contribution < 1.29 is 13.9 Å². The number of hydrogen-bond donors (Lipinski definition) is 1. The predicted octanol–water partition coefficient (Wildman–Crippen LogP) is 4.75. The van der Waals surface area contributed by atoms with Gasteiger partial charge in [0.15, 0.2) is 5.76 Å². The van der Waals surface area contributed by atoms with Crippen LogP contribution in [-0.4, -0.2) is 15.7 Å². The monoisotopic (exact) mass is 395 g/mol. The number of aryl methyl sites for hydroxylation is 3. The zero-order valence-corrected chi connectivity index (χ0v) is 17.8. The summed E-state index contributed by atoms with van der Waals surface area (Å²) < 4.78 is 13.5. The quantitative estimate of drug-likeness (QED) is 0.598. The molecule has 0 radical (unpaired) electrons. The minimum Gasteiger partial charge on any atom is -0.485 e. The lowest BCUT2D eigenvalue weighted by atomic mass is 10.0. The van der Waals surface area contributed by atoms with E-state index in [1.165, 1.54) is 0 Å². The van der Waals surface area contributed by atoms with Crippen LogP contribution in [0.4, 0.5) is 0 Å². The van der Waals surface area contributed by atoms with Gasteiger partial charge in [-0.2, -0.15) is 5.10 Å². The molecule has 3 rings (SSSR count). The standard InChI is InChI=1S/C23H29N3O3/c1-6-26-13-18(17(5)25-26)12-24-23(27)21-10-8-19(29-21)14-28-22-11-16(4)7-9-20(22)15(2)3/h7-11,13,15H,6,12,14H2,1-5H3,(H,24,27). The van der Waals surface area contributed by atoms with Gasteiger partial charge in [0.2, 0.25) is 0 Å². The number of rotatable bonds is 8. The number of nitrogens with zero attached hydrogens (tertiary/aromatic N) is 2. The molecule has 0 aliphatic heterocycles. The summed E-state index contributed by atoms with van der Waals surface area (Å²) in [5.74, 6) is 1.85. The third kappa shape index (κ3) is 5.08. The molecule has 29 heavy (non-hydrogen) atoms. The summed E-state index contributed by atoms with van der Waals surface area (Å²) >= 11 is 0. The van der Waals surface area contributed by atoms with E-state index in [2.05, 4.69) is 36.4 Å². The van der Waals surface area contributed by atoms with Crippen molar-refractivity contribution in [2.75, 3.05) is 0 Å². The van der Waals surface area contributed by atoms with Crippen molar-refractivity contribution in [3.8, 4) is 5.75 Å². The van der Waals surface area contributed by atoms with E-state index in [9.17, 15) is 4.79 Å². The Labute approximate surface area is 171 Å². The highest BCUT2D eigenvalue weighted by atomic mass is 16.5. The first-order chi connectivity index (χ1) is 13.9. The van der Waals surface area contributed by atoms with Crippen LogP contribution in [0.2, 0.25) is 0 Å². The van der Waals surface area contributed by atoms with Crippen LogP contribution in [0.25, 0.3) is 0 Å². The van der Waals surface area contributed by atoms with Gasteiger partial charge in [-0.25, -0.2) is 0 Å². The summed E-state index contributed by atoms with van der Waals surface area (Å²) in [6.45, 7) is 11.8. The number of benzene rings is 1. The molecular formula is C23H29N3O3. The zero-order chi connectivity index (χ0) is 21.0. The number of amides is 1. The summed E-state index contributed by atoms with van der Waals surface area (Å²) in [5.41, 5.74) is 4.21. The van der Waals surface area contributed by atoms with E-state index in [-0.39, 0.29) is 18.3 Å². The van der Waals surface area contributed by atoms with Crippen molar-refractivity contribution in [1.29, 1.82) is 0 Å². The van der Waals surface area contributed by atoms with E-state index in [4.69, 9.17) is 9.15 Å². The van der Waals surface area contributed by atoms with E-state index in [0.717, 1.165) is 34.7 Å². The number of ether oxygens (including phenoxy) is 1. The number of furan rings is 1. The summed E-state index contributed by atoms with van der Waals surface area (Å²) in [6.07, 6.45) is 1.95. The summed E-state index contributed by atoms with van der Waals surface area (Å²) in [6, 6.07) is 9.67. The van der Waals surface area contributed by atoms with Crippen LogP contribution in [0.1, 0.15) is 65.4 Å². The molecule has 0 aliphatic rings. The van der Waals surface area contributed by atoms with Crippen LogP contribution in [-0.2, 0) is 19.7 Å². The third-order valence-corrected chi connectivity index (χ3v) is 4.86. The summed E-state index contributed by atoms with van der Waals surface area (Å²) in [4.78, 5) is 12.4. The first-order valence-electron chi connectivity index (χ1n) is 10.0. The summed E-state index contributed by atoms with van der Waals surface area (Å²) in [7, 11) is 0. The highest BCUT2D eigenvalue weighted by Gasteiger charge is 2.14. The van der Waals surface area contributed by atoms with Gasteiger partial charge in [0.05, 0.1) is 5.69 Å². The second kappa shape index (κ2) is 8.99. The van der Waals surface area contributed by atoms with E-state index in [1.54, 1.807) is 12.1 Å². The van der Waals surface area contributed by atoms with Gasteiger partial charge in [0.1, 0.15) is 18.1 Å². The number of aromatic nitrogens is 2. The fourth-order valence-electron chi connectivity index (χ4n) is 3.13. The minimum atomic E-state index is -0.252. The Morgan fingerprint density at radius 3 is 2.72 bits per heavy atom. The molecule has 0 fully saturated rings. The van der Waals surface area contributed by atoms with Crippen molar-refractivity contribution in [3.05, 3.63) is 70.4 Å². The van der Waals surface area contributed by atoms with Gasteiger partial charge in [0, 0.05) is 24.8 Å². The molecule has 0 spiro atoms. The Kier molecular flexibility index (Phi) is 6.42. The van der Waals surface area contributed by atoms with Gasteiger partial charge in [-0.3, -0.25) is 9.48 Å². The second-order valence-corrected chi connectivity index (χ2v) is 7.53. The topological polar surface area (TPSA) is 69.3 Å². The third-order valence-electron chi connectivity index (χ3n) is 4.86. The van der Waals surface area contributed by atoms with Gasteiger partial charge in [-0.05, 0) is 56.0 Å². The highest BCUT2D eigenvalue weighted by molar-refractivity contribution is 5.91. The van der Waals surface area contributed by atoms with Gasteiger partial charge in [-0.1, -0.05) is 26.0 Å². The molecule has 1 amide bonds. The van der Waals surface area contributed by atoms with Gasteiger partial charge >= 0.3 is 0 Å². The van der Waals surface area contributed by atoms with E-state index < -0.39 is 0 Å². The average molecular weight is 396 g/mol. The maximum Gasteiger partial charge on any atom is 0.287 e. The average Bonchev–Trinajstić information content (AvgIpc) is 3.30. The van der Waals surface area contributed by atoms with Crippen molar-refractivity contribution >= 4 is 5.91 Å². The zero-order valence-electron chi connectivity index (χ0n) is 17.8. The van der Waals surface area contributed by atoms with Gasteiger partial charge in [0.25, 0.3) is 5.91 Å². The predicted molar refractivity (Wildman–Crippen MR) is 112 cm³/mol. The molecular weight excluding hydrogens is 366 g/mol. The fourth-order valence-corrected chi connectivity index (χ4v) is 3.13. The van der Waals surface area contributed by atoms with E-state index >= 15 is 0 Å². The van der Waals surface area contributed by atoms with E-state index in [1.807, 2.05) is 37.7 Å². The van der Waals surface area contributed by atoms with Crippen LogP contribution in [0, 0.1) is 13.8 Å². The molecule has 0 saturated heterocycles. The first kappa shape index (κ1) is 20.7. The normalized spacial score (nSPS) is 11.1. The largest absolute Gasteiger partial charge is 0.485 e. The van der Waals surface area contributed by atoms with Crippen LogP contribution >= 0.6 is 0 Å². The SMILES string of the molecule is CCn1cc(CNC(=O)c2ccc(COc3cc(C)ccc3C(C)C)o2)c(C)n1. The maximum atomic E-state index is 12.4. The first-order valence-corrected chi connectivity index (χ1v) is 10.0. The molecule has 2 aromatic heterocycles. The van der Waals surface area contributed by atoms with Crippen molar-refractivity contribution in [3.63, 3.8) is 0 Å². The van der Waals surface area contributed by atoms with Gasteiger partial charge in [-0.15, -0.1) is 0 Å². The number of hydrogen-bond acceptors (Lipinski definition) is 4. The Bertz CT molecular complexity index is 985. The molecule has 154 valence electrons. The molecule has 0 atom stereocenters. The number of nitrogens with one attached hydrogen (secondary N) is 1. The molecule has 6 heteroatoms. The number of carbonyl (C=O) groups excluding carboxylic acids is 1. The van der Waals surface area contributed by atoms with E-state index in [0.29, 0.717) is 18.2 Å². The Hall–Kier alpha value is -3.02. The Morgan fingerprint density at radius 2 is 2.03 bits per heavy atom. The minimum absolute atomic E-state index is 0.252. The molecule has 0 saturated carbocycles. The van der Waals surface area contributed by atoms with Crippen LogP contribution in [0.5, 0.6) is 5.75 Å². The molecule has 6 nitrogen and oxygen atoms in total. The molecule has 0 aliphatic carbocycles.